The van der Waals surface area contributed by atoms with E-state index in [1.807, 2.05) is 6.07 Å². The lowest BCUT2D eigenvalue weighted by molar-refractivity contribution is 0.601. The molecule has 0 atom stereocenters. The Hall–Kier alpha value is -2.10. The van der Waals surface area contributed by atoms with E-state index in [4.69, 9.17) is 16.9 Å². The first kappa shape index (κ1) is 13.3. The fourth-order valence-electron chi connectivity index (χ4n) is 1.39. The number of benzene rings is 1. The predicted octanol–water partition coefficient (Wildman–Crippen LogP) is 2.41. The van der Waals surface area contributed by atoms with Gasteiger partial charge in [0.1, 0.15) is 5.15 Å². The highest BCUT2D eigenvalue weighted by Gasteiger charge is 2.14. The number of aromatic nitrogens is 1. The minimum atomic E-state index is -3.70. The van der Waals surface area contributed by atoms with Crippen molar-refractivity contribution in [3.8, 4) is 6.07 Å². The summed E-state index contributed by atoms with van der Waals surface area (Å²) in [6.07, 6.45) is 1.40. The fourth-order valence-corrected chi connectivity index (χ4v) is 2.61. The average Bonchev–Trinajstić information content (AvgIpc) is 2.38. The number of rotatable bonds is 3. The van der Waals surface area contributed by atoms with Gasteiger partial charge in [-0.15, -0.1) is 0 Å². The third-order valence-electron chi connectivity index (χ3n) is 2.27. The Morgan fingerprint density at radius 2 is 1.89 bits per heavy atom. The molecule has 0 unspecified atom stereocenters. The van der Waals surface area contributed by atoms with Crippen molar-refractivity contribution in [2.24, 2.45) is 0 Å². The zero-order valence-electron chi connectivity index (χ0n) is 9.54. The maximum atomic E-state index is 12.1. The van der Waals surface area contributed by atoms with Gasteiger partial charge in [-0.25, -0.2) is 13.4 Å². The molecular weight excluding hydrogens is 286 g/mol. The van der Waals surface area contributed by atoms with Crippen molar-refractivity contribution in [3.05, 3.63) is 53.3 Å². The molecule has 0 aliphatic rings. The molecule has 96 valence electrons. The summed E-state index contributed by atoms with van der Waals surface area (Å²) in [4.78, 5) is 3.83. The van der Waals surface area contributed by atoms with Crippen LogP contribution in [0.4, 0.5) is 5.69 Å². The second-order valence-electron chi connectivity index (χ2n) is 3.61. The van der Waals surface area contributed by atoms with Crippen LogP contribution in [0.1, 0.15) is 5.56 Å². The van der Waals surface area contributed by atoms with E-state index in [2.05, 4.69) is 9.71 Å². The lowest BCUT2D eigenvalue weighted by Crippen LogP contribution is -2.12. The van der Waals surface area contributed by atoms with Gasteiger partial charge in [0.05, 0.1) is 22.2 Å². The highest BCUT2D eigenvalue weighted by atomic mass is 35.5. The minimum Gasteiger partial charge on any atom is -0.279 e. The molecule has 19 heavy (non-hydrogen) atoms. The molecular formula is C12H8ClN3O2S. The highest BCUT2D eigenvalue weighted by Crippen LogP contribution is 2.18. The molecule has 1 heterocycles. The minimum absolute atomic E-state index is 0.0689. The number of nitriles is 1. The Balaban J connectivity index is 2.30. The molecule has 2 aromatic rings. The Kier molecular flexibility index (Phi) is 3.69. The van der Waals surface area contributed by atoms with Gasteiger partial charge in [-0.1, -0.05) is 11.6 Å². The molecule has 7 heteroatoms. The first-order valence-corrected chi connectivity index (χ1v) is 7.02. The fraction of sp³-hybridized carbons (Fsp3) is 0. The number of anilines is 1. The van der Waals surface area contributed by atoms with Crippen LogP contribution in [0.2, 0.25) is 5.15 Å². The van der Waals surface area contributed by atoms with Crippen LogP contribution >= 0.6 is 11.6 Å². The Morgan fingerprint density at radius 3 is 2.47 bits per heavy atom. The third kappa shape index (κ3) is 3.22. The summed E-state index contributed by atoms with van der Waals surface area (Å²) < 4.78 is 26.5. The van der Waals surface area contributed by atoms with Crippen LogP contribution in [-0.4, -0.2) is 13.4 Å². The van der Waals surface area contributed by atoms with Gasteiger partial charge in [0, 0.05) is 6.20 Å². The van der Waals surface area contributed by atoms with Crippen LogP contribution in [0.15, 0.2) is 47.5 Å². The number of halogens is 1. The topological polar surface area (TPSA) is 82.8 Å². The number of hydrogen-bond acceptors (Lipinski definition) is 4. The molecule has 1 aromatic carbocycles. The second kappa shape index (κ2) is 5.26. The first-order chi connectivity index (χ1) is 9.01. The van der Waals surface area contributed by atoms with Crippen molar-refractivity contribution in [2.75, 3.05) is 4.72 Å². The molecule has 0 saturated heterocycles. The molecule has 1 N–H and O–H groups in total. The van der Waals surface area contributed by atoms with E-state index in [1.54, 1.807) is 0 Å². The van der Waals surface area contributed by atoms with Crippen molar-refractivity contribution in [1.29, 1.82) is 5.26 Å². The lowest BCUT2D eigenvalue weighted by atomic mass is 10.2. The summed E-state index contributed by atoms with van der Waals surface area (Å²) in [5, 5.41) is 8.85. The Morgan fingerprint density at radius 1 is 1.21 bits per heavy atom. The van der Waals surface area contributed by atoms with E-state index >= 15 is 0 Å². The smallest absolute Gasteiger partial charge is 0.261 e. The number of hydrogen-bond donors (Lipinski definition) is 1. The van der Waals surface area contributed by atoms with Crippen LogP contribution < -0.4 is 4.72 Å². The van der Waals surface area contributed by atoms with E-state index in [1.165, 1.54) is 42.6 Å². The van der Waals surface area contributed by atoms with E-state index in [0.717, 1.165) is 0 Å². The van der Waals surface area contributed by atoms with Gasteiger partial charge < -0.3 is 0 Å². The number of pyridine rings is 1. The molecule has 1 aromatic heterocycles. The number of sulfonamides is 1. The van der Waals surface area contributed by atoms with Gasteiger partial charge in [-0.3, -0.25) is 4.72 Å². The summed E-state index contributed by atoms with van der Waals surface area (Å²) in [5.41, 5.74) is 0.718. The third-order valence-corrected chi connectivity index (χ3v) is 3.88. The molecule has 0 spiro atoms. The molecule has 0 amide bonds. The summed E-state index contributed by atoms with van der Waals surface area (Å²) in [5.74, 6) is 0. The Bertz CT molecular complexity index is 736. The van der Waals surface area contributed by atoms with E-state index in [9.17, 15) is 8.42 Å². The summed E-state index contributed by atoms with van der Waals surface area (Å²) in [7, 11) is -3.70. The molecule has 0 aliphatic heterocycles. The van der Waals surface area contributed by atoms with Gasteiger partial charge >= 0.3 is 0 Å². The van der Waals surface area contributed by atoms with Gasteiger partial charge in [0.2, 0.25) is 0 Å². The van der Waals surface area contributed by atoms with E-state index < -0.39 is 10.0 Å². The van der Waals surface area contributed by atoms with Crippen LogP contribution in [0, 0.1) is 11.3 Å². The summed E-state index contributed by atoms with van der Waals surface area (Å²) in [6, 6.07) is 10.4. The van der Waals surface area contributed by atoms with Crippen molar-refractivity contribution >= 4 is 27.3 Å². The molecule has 5 nitrogen and oxygen atoms in total. The molecule has 0 bridgehead atoms. The largest absolute Gasteiger partial charge is 0.279 e. The van der Waals surface area contributed by atoms with Gasteiger partial charge in [0.15, 0.2) is 0 Å². The standard InChI is InChI=1S/C12H8ClN3O2S/c13-12-7-10(5-6-15-12)16-19(17,18)11-3-1-9(8-14)2-4-11/h1-7H,(H,15,16). The van der Waals surface area contributed by atoms with Crippen molar-refractivity contribution in [3.63, 3.8) is 0 Å². The zero-order valence-corrected chi connectivity index (χ0v) is 11.1. The summed E-state index contributed by atoms with van der Waals surface area (Å²) in [6.45, 7) is 0. The van der Waals surface area contributed by atoms with Crippen LogP contribution in [0.5, 0.6) is 0 Å². The Labute approximate surface area is 115 Å². The second-order valence-corrected chi connectivity index (χ2v) is 5.68. The average molecular weight is 294 g/mol. The quantitative estimate of drug-likeness (QED) is 0.881. The number of nitrogens with one attached hydrogen (secondary N) is 1. The molecule has 2 rings (SSSR count). The van der Waals surface area contributed by atoms with Crippen molar-refractivity contribution in [1.82, 2.24) is 4.98 Å². The molecule has 0 radical (unpaired) electrons. The predicted molar refractivity (Wildman–Crippen MR) is 71.2 cm³/mol. The maximum absolute atomic E-state index is 12.1. The van der Waals surface area contributed by atoms with Gasteiger partial charge in [-0.2, -0.15) is 5.26 Å². The zero-order chi connectivity index (χ0) is 13.9. The maximum Gasteiger partial charge on any atom is 0.261 e. The first-order valence-electron chi connectivity index (χ1n) is 5.16. The molecule has 0 fully saturated rings. The monoisotopic (exact) mass is 293 g/mol. The van der Waals surface area contributed by atoms with E-state index in [0.29, 0.717) is 11.3 Å². The van der Waals surface area contributed by atoms with Crippen LogP contribution in [0.3, 0.4) is 0 Å². The van der Waals surface area contributed by atoms with Crippen LogP contribution in [0.25, 0.3) is 0 Å². The summed E-state index contributed by atoms with van der Waals surface area (Å²) >= 11 is 5.68. The molecule has 0 aliphatic carbocycles. The van der Waals surface area contributed by atoms with E-state index in [-0.39, 0.29) is 10.0 Å². The van der Waals surface area contributed by atoms with Crippen molar-refractivity contribution in [2.45, 2.75) is 4.90 Å². The van der Waals surface area contributed by atoms with Gasteiger partial charge in [-0.05, 0) is 36.4 Å². The SMILES string of the molecule is N#Cc1ccc(S(=O)(=O)Nc2ccnc(Cl)c2)cc1. The van der Waals surface area contributed by atoms with Gasteiger partial charge in [0.25, 0.3) is 10.0 Å². The number of nitrogens with zero attached hydrogens (tertiary/aromatic N) is 2. The van der Waals surface area contributed by atoms with Crippen LogP contribution in [-0.2, 0) is 10.0 Å². The lowest BCUT2D eigenvalue weighted by Gasteiger charge is -2.07. The van der Waals surface area contributed by atoms with Crippen molar-refractivity contribution < 1.29 is 8.42 Å². The normalized spacial score (nSPS) is 10.7. The highest BCUT2D eigenvalue weighted by molar-refractivity contribution is 7.92. The molecule has 0 saturated carbocycles.